The Morgan fingerprint density at radius 2 is 1.88 bits per heavy atom. The Labute approximate surface area is 152 Å². The van der Waals surface area contributed by atoms with E-state index in [0.717, 1.165) is 25.0 Å². The molecular formula is C18H24ClF3N2O. The van der Waals surface area contributed by atoms with E-state index in [2.05, 4.69) is 0 Å². The number of carbonyl (C=O) groups excluding carboxylic acids is 1. The number of hydrogen-bond acceptors (Lipinski definition) is 2. The van der Waals surface area contributed by atoms with Gasteiger partial charge < -0.3 is 10.6 Å². The molecule has 1 saturated heterocycles. The van der Waals surface area contributed by atoms with Crippen molar-refractivity contribution < 1.29 is 18.0 Å². The Morgan fingerprint density at radius 3 is 2.36 bits per heavy atom. The lowest BCUT2D eigenvalue weighted by molar-refractivity contribution is -0.138. The first-order valence-corrected chi connectivity index (χ1v) is 8.47. The summed E-state index contributed by atoms with van der Waals surface area (Å²) in [7, 11) is 0. The van der Waals surface area contributed by atoms with Gasteiger partial charge in [0, 0.05) is 19.1 Å². The highest BCUT2D eigenvalue weighted by Gasteiger charge is 2.53. The third kappa shape index (κ3) is 3.95. The maximum Gasteiger partial charge on any atom is 0.416 e. The number of likely N-dealkylation sites (tertiary alicyclic amines) is 1. The van der Waals surface area contributed by atoms with Crippen molar-refractivity contribution in [2.75, 3.05) is 13.1 Å². The van der Waals surface area contributed by atoms with E-state index in [4.69, 9.17) is 5.73 Å². The smallest absolute Gasteiger partial charge is 0.342 e. The second-order valence-electron chi connectivity index (χ2n) is 7.15. The Balaban J connectivity index is 0.00000225. The van der Waals surface area contributed by atoms with Crippen molar-refractivity contribution in [2.24, 2.45) is 11.7 Å². The summed E-state index contributed by atoms with van der Waals surface area (Å²) < 4.78 is 38.8. The molecule has 1 heterocycles. The van der Waals surface area contributed by atoms with E-state index in [1.807, 2.05) is 11.8 Å². The van der Waals surface area contributed by atoms with Gasteiger partial charge >= 0.3 is 6.18 Å². The van der Waals surface area contributed by atoms with E-state index in [1.54, 1.807) is 6.07 Å². The number of amides is 1. The normalized spacial score (nSPS) is 21.4. The zero-order valence-electron chi connectivity index (χ0n) is 14.2. The molecule has 0 spiro atoms. The summed E-state index contributed by atoms with van der Waals surface area (Å²) >= 11 is 0. The van der Waals surface area contributed by atoms with Gasteiger partial charge in [0.05, 0.1) is 11.0 Å². The lowest BCUT2D eigenvalue weighted by Gasteiger charge is -2.36. The number of carbonyl (C=O) groups is 1. The summed E-state index contributed by atoms with van der Waals surface area (Å²) in [4.78, 5) is 14.7. The van der Waals surface area contributed by atoms with Gasteiger partial charge in [-0.2, -0.15) is 13.2 Å². The Morgan fingerprint density at radius 1 is 1.28 bits per heavy atom. The molecule has 2 N–H and O–H groups in total. The molecule has 1 aliphatic carbocycles. The van der Waals surface area contributed by atoms with Crippen LogP contribution in [0.5, 0.6) is 0 Å². The molecule has 1 aliphatic heterocycles. The van der Waals surface area contributed by atoms with Crippen molar-refractivity contribution in [2.45, 2.75) is 50.2 Å². The van der Waals surface area contributed by atoms with Crippen molar-refractivity contribution in [3.8, 4) is 0 Å². The molecule has 2 fully saturated rings. The number of piperidine rings is 1. The second kappa shape index (κ2) is 7.16. The van der Waals surface area contributed by atoms with Gasteiger partial charge in [0.1, 0.15) is 0 Å². The number of rotatable bonds is 3. The summed E-state index contributed by atoms with van der Waals surface area (Å²) in [6.07, 6.45) is -1.41. The van der Waals surface area contributed by atoms with Crippen molar-refractivity contribution >= 4 is 18.3 Å². The molecule has 1 amide bonds. The molecule has 1 aromatic carbocycles. The fourth-order valence-corrected chi connectivity index (χ4v) is 3.68. The first-order valence-electron chi connectivity index (χ1n) is 8.47. The molecule has 1 aromatic rings. The van der Waals surface area contributed by atoms with Crippen LogP contribution >= 0.6 is 12.4 Å². The van der Waals surface area contributed by atoms with E-state index in [1.165, 1.54) is 6.07 Å². The zero-order valence-corrected chi connectivity index (χ0v) is 15.0. The van der Waals surface area contributed by atoms with Gasteiger partial charge in [-0.05, 0) is 50.2 Å². The van der Waals surface area contributed by atoms with Gasteiger partial charge in [0.2, 0.25) is 5.91 Å². The van der Waals surface area contributed by atoms with Gasteiger partial charge in [0.25, 0.3) is 0 Å². The molecule has 3 rings (SSSR count). The van der Waals surface area contributed by atoms with Crippen LogP contribution in [0.15, 0.2) is 24.3 Å². The van der Waals surface area contributed by atoms with Crippen LogP contribution in [-0.2, 0) is 16.4 Å². The lowest BCUT2D eigenvalue weighted by atomic mass is 9.88. The van der Waals surface area contributed by atoms with Gasteiger partial charge in [0.15, 0.2) is 0 Å². The average Bonchev–Trinajstić information content (AvgIpc) is 3.35. The molecule has 0 bridgehead atoms. The van der Waals surface area contributed by atoms with Crippen LogP contribution in [0.25, 0.3) is 0 Å². The summed E-state index contributed by atoms with van der Waals surface area (Å²) in [5.74, 6) is 0.391. The molecular weight excluding hydrogens is 353 g/mol. The molecule has 140 valence electrons. The van der Waals surface area contributed by atoms with Crippen molar-refractivity contribution in [1.29, 1.82) is 0 Å². The highest BCUT2D eigenvalue weighted by molar-refractivity contribution is 5.91. The fourth-order valence-electron chi connectivity index (χ4n) is 3.68. The number of benzene rings is 1. The van der Waals surface area contributed by atoms with E-state index >= 15 is 0 Å². The van der Waals surface area contributed by atoms with Crippen LogP contribution in [0.1, 0.15) is 43.7 Å². The number of hydrogen-bond donors (Lipinski definition) is 1. The minimum Gasteiger partial charge on any atom is -0.342 e. The molecule has 1 unspecified atom stereocenters. The maximum absolute atomic E-state index is 12.9. The third-order valence-corrected chi connectivity index (χ3v) is 5.47. The predicted molar refractivity (Wildman–Crippen MR) is 92.6 cm³/mol. The standard InChI is InChI=1S/C18H23F3N2O.ClH/c1-12(22)13-5-9-23(10-6-13)16(24)17(7-8-17)14-3-2-4-15(11-14)18(19,20)21;/h2-4,11-13H,5-10,22H2,1H3;1H. The molecule has 7 heteroatoms. The van der Waals surface area contributed by atoms with Gasteiger partial charge in [-0.3, -0.25) is 4.79 Å². The number of halogens is 4. The first-order chi connectivity index (χ1) is 11.2. The molecule has 0 radical (unpaired) electrons. The van der Waals surface area contributed by atoms with Gasteiger partial charge in [-0.25, -0.2) is 0 Å². The van der Waals surface area contributed by atoms with E-state index in [0.29, 0.717) is 37.4 Å². The Kier molecular flexibility index (Phi) is 5.74. The topological polar surface area (TPSA) is 46.3 Å². The largest absolute Gasteiger partial charge is 0.416 e. The van der Waals surface area contributed by atoms with Crippen molar-refractivity contribution in [3.05, 3.63) is 35.4 Å². The summed E-state index contributed by atoms with van der Waals surface area (Å²) in [6.45, 7) is 3.27. The SMILES string of the molecule is CC(N)C1CCN(C(=O)C2(c3cccc(C(F)(F)F)c3)CC2)CC1.Cl. The molecule has 0 aromatic heterocycles. The molecule has 1 atom stereocenters. The van der Waals surface area contributed by atoms with Crippen molar-refractivity contribution in [3.63, 3.8) is 0 Å². The van der Waals surface area contributed by atoms with Crippen LogP contribution < -0.4 is 5.73 Å². The number of alkyl halides is 3. The second-order valence-corrected chi connectivity index (χ2v) is 7.15. The van der Waals surface area contributed by atoms with E-state index in [9.17, 15) is 18.0 Å². The zero-order chi connectivity index (χ0) is 17.5. The predicted octanol–water partition coefficient (Wildman–Crippen LogP) is 3.74. The van der Waals surface area contributed by atoms with Crippen molar-refractivity contribution in [1.82, 2.24) is 4.90 Å². The molecule has 25 heavy (non-hydrogen) atoms. The molecule has 2 aliphatic rings. The fraction of sp³-hybridized carbons (Fsp3) is 0.611. The number of nitrogens with zero attached hydrogens (tertiary/aromatic N) is 1. The average molecular weight is 377 g/mol. The minimum absolute atomic E-state index is 0. The maximum atomic E-state index is 12.9. The van der Waals surface area contributed by atoms with Crippen LogP contribution in [0, 0.1) is 5.92 Å². The summed E-state index contributed by atoms with van der Waals surface area (Å²) in [6, 6.07) is 5.35. The van der Waals surface area contributed by atoms with Crippen LogP contribution in [0.2, 0.25) is 0 Å². The van der Waals surface area contributed by atoms with E-state index in [-0.39, 0.29) is 24.4 Å². The minimum atomic E-state index is -4.38. The lowest BCUT2D eigenvalue weighted by Crippen LogP contribution is -2.46. The molecule has 1 saturated carbocycles. The Hall–Kier alpha value is -1.27. The molecule has 3 nitrogen and oxygen atoms in total. The van der Waals surface area contributed by atoms with E-state index < -0.39 is 17.2 Å². The van der Waals surface area contributed by atoms with Crippen LogP contribution in [0.4, 0.5) is 13.2 Å². The highest BCUT2D eigenvalue weighted by atomic mass is 35.5. The monoisotopic (exact) mass is 376 g/mol. The van der Waals surface area contributed by atoms with Crippen LogP contribution in [-0.4, -0.2) is 29.9 Å². The number of nitrogens with two attached hydrogens (primary N) is 1. The van der Waals surface area contributed by atoms with Gasteiger partial charge in [-0.15, -0.1) is 12.4 Å². The summed E-state index contributed by atoms with van der Waals surface area (Å²) in [5, 5.41) is 0. The van der Waals surface area contributed by atoms with Gasteiger partial charge in [-0.1, -0.05) is 18.2 Å². The Bertz CT molecular complexity index is 621. The third-order valence-electron chi connectivity index (χ3n) is 5.47. The summed E-state index contributed by atoms with van der Waals surface area (Å²) in [5.41, 5.74) is 4.99. The highest BCUT2D eigenvalue weighted by Crippen LogP contribution is 2.50. The first kappa shape index (κ1) is 20.0. The quantitative estimate of drug-likeness (QED) is 0.873. The van der Waals surface area contributed by atoms with Crippen LogP contribution in [0.3, 0.4) is 0 Å².